The molecule has 194 valence electrons. The Morgan fingerprint density at radius 1 is 0.390 bits per heavy atom. The van der Waals surface area contributed by atoms with Gasteiger partial charge in [-0.2, -0.15) is 0 Å². The Morgan fingerprint density at radius 3 is 1.78 bits per heavy atom. The molecular formula is C37H22O4. The zero-order valence-corrected chi connectivity index (χ0v) is 21.9. The van der Waals surface area contributed by atoms with E-state index in [1.807, 2.05) is 48.5 Å². The number of fused-ring (bicyclic) bond motifs is 9. The van der Waals surface area contributed by atoms with Gasteiger partial charge in [-0.15, -0.1) is 0 Å². The molecule has 0 saturated carbocycles. The van der Waals surface area contributed by atoms with E-state index in [0.29, 0.717) is 0 Å². The quantitative estimate of drug-likeness (QED) is 0.223. The van der Waals surface area contributed by atoms with Crippen LogP contribution in [0.25, 0.3) is 77.3 Å². The molecule has 1 aliphatic rings. The third kappa shape index (κ3) is 3.41. The van der Waals surface area contributed by atoms with Crippen molar-refractivity contribution in [2.24, 2.45) is 0 Å². The van der Waals surface area contributed by atoms with Crippen LogP contribution in [0, 0.1) is 0 Å². The topological polar surface area (TPSA) is 44.7 Å². The molecule has 0 unspecified atom stereocenters. The smallest absolute Gasteiger partial charge is 0.230 e. The highest BCUT2D eigenvalue weighted by molar-refractivity contribution is 6.10. The number of hydrogen-bond donors (Lipinski definition) is 0. The van der Waals surface area contributed by atoms with E-state index in [-0.39, 0.29) is 6.79 Å². The second kappa shape index (κ2) is 8.51. The van der Waals surface area contributed by atoms with Crippen LogP contribution in [0.4, 0.5) is 0 Å². The maximum Gasteiger partial charge on any atom is 0.230 e. The van der Waals surface area contributed by atoms with Crippen molar-refractivity contribution in [1.82, 2.24) is 0 Å². The monoisotopic (exact) mass is 530 g/mol. The summed E-state index contributed by atoms with van der Waals surface area (Å²) in [7, 11) is 0. The maximum atomic E-state index is 6.35. The Labute approximate surface area is 235 Å². The van der Waals surface area contributed by atoms with Crippen molar-refractivity contribution in [3.05, 3.63) is 121 Å². The minimum Gasteiger partial charge on any atom is -0.457 e. The molecule has 2 aromatic heterocycles. The number of para-hydroxylation sites is 3. The average molecular weight is 531 g/mol. The van der Waals surface area contributed by atoms with Crippen molar-refractivity contribution >= 4 is 43.9 Å². The first-order valence-corrected chi connectivity index (χ1v) is 13.7. The van der Waals surface area contributed by atoms with Crippen LogP contribution < -0.4 is 9.47 Å². The Hall–Kier alpha value is -5.48. The molecule has 41 heavy (non-hydrogen) atoms. The second-order valence-electron chi connectivity index (χ2n) is 10.4. The lowest BCUT2D eigenvalue weighted by Gasteiger charge is -2.12. The van der Waals surface area contributed by atoms with Crippen LogP contribution in [-0.4, -0.2) is 6.79 Å². The summed E-state index contributed by atoms with van der Waals surface area (Å²) in [6.07, 6.45) is 0. The van der Waals surface area contributed by atoms with Gasteiger partial charge >= 0.3 is 0 Å². The molecule has 0 amide bonds. The molecule has 0 fully saturated rings. The zero-order valence-electron chi connectivity index (χ0n) is 21.9. The van der Waals surface area contributed by atoms with Crippen molar-refractivity contribution in [1.29, 1.82) is 0 Å². The van der Waals surface area contributed by atoms with Crippen LogP contribution in [0.5, 0.6) is 11.5 Å². The lowest BCUT2D eigenvalue weighted by atomic mass is 9.94. The molecule has 6 aromatic carbocycles. The van der Waals surface area contributed by atoms with Crippen LogP contribution in [0.2, 0.25) is 0 Å². The SMILES string of the molecule is c1ccc2c(c1)oc1ccc(-c3ccc4c(c3)-c3cc(-c5cccc6c5oc5ccccc56)ccc3OCO4)cc12. The third-order valence-electron chi connectivity index (χ3n) is 8.10. The van der Waals surface area contributed by atoms with Crippen LogP contribution in [0.1, 0.15) is 0 Å². The highest BCUT2D eigenvalue weighted by Crippen LogP contribution is 2.45. The Bertz CT molecular complexity index is 2300. The first-order chi connectivity index (χ1) is 20.3. The molecule has 4 heteroatoms. The van der Waals surface area contributed by atoms with E-state index in [1.54, 1.807) is 0 Å². The van der Waals surface area contributed by atoms with Gasteiger partial charge < -0.3 is 18.3 Å². The van der Waals surface area contributed by atoms with E-state index in [2.05, 4.69) is 72.8 Å². The van der Waals surface area contributed by atoms with Crippen molar-refractivity contribution < 1.29 is 18.3 Å². The van der Waals surface area contributed by atoms with E-state index in [0.717, 1.165) is 88.8 Å². The third-order valence-corrected chi connectivity index (χ3v) is 8.10. The van der Waals surface area contributed by atoms with Crippen molar-refractivity contribution in [3.63, 3.8) is 0 Å². The fourth-order valence-electron chi connectivity index (χ4n) is 6.12. The average Bonchev–Trinajstić information content (AvgIpc) is 3.53. The Kier molecular flexibility index (Phi) is 4.64. The van der Waals surface area contributed by atoms with Gasteiger partial charge in [-0.1, -0.05) is 72.8 Å². The van der Waals surface area contributed by atoms with Gasteiger partial charge in [0, 0.05) is 38.2 Å². The summed E-state index contributed by atoms with van der Waals surface area (Å²) in [6.45, 7) is 0.158. The Balaban J connectivity index is 1.21. The van der Waals surface area contributed by atoms with E-state index in [1.165, 1.54) is 0 Å². The van der Waals surface area contributed by atoms with Gasteiger partial charge in [0.25, 0.3) is 0 Å². The first kappa shape index (κ1) is 22.3. The van der Waals surface area contributed by atoms with Crippen molar-refractivity contribution in [3.8, 4) is 44.9 Å². The molecule has 8 aromatic rings. The molecule has 0 atom stereocenters. The van der Waals surface area contributed by atoms with Crippen LogP contribution in [0.15, 0.2) is 130 Å². The van der Waals surface area contributed by atoms with Crippen LogP contribution >= 0.6 is 0 Å². The highest BCUT2D eigenvalue weighted by Gasteiger charge is 2.20. The summed E-state index contributed by atoms with van der Waals surface area (Å²) in [6, 6.07) is 41.7. The molecule has 0 aliphatic carbocycles. The Morgan fingerprint density at radius 2 is 0.976 bits per heavy atom. The van der Waals surface area contributed by atoms with Gasteiger partial charge in [-0.3, -0.25) is 0 Å². The molecule has 0 N–H and O–H groups in total. The molecule has 4 nitrogen and oxygen atoms in total. The standard InChI is InChI=1S/C37H22O4/c1-4-11-35-26(6-1)28-9-5-8-25(37(28)41-35)24-14-16-33-31(20-24)30-19-22(12-15-32(30)38-21-39-33)23-13-17-36-29(18-23)27-7-2-3-10-34(27)40-36/h1-20H,21H2. The van der Waals surface area contributed by atoms with Gasteiger partial charge in [-0.05, 0) is 65.2 Å². The van der Waals surface area contributed by atoms with Crippen molar-refractivity contribution in [2.75, 3.05) is 6.79 Å². The number of rotatable bonds is 2. The van der Waals surface area contributed by atoms with Gasteiger partial charge in [0.1, 0.15) is 33.8 Å². The number of benzene rings is 6. The maximum absolute atomic E-state index is 6.35. The van der Waals surface area contributed by atoms with Gasteiger partial charge in [0.2, 0.25) is 6.79 Å². The fraction of sp³-hybridized carbons (Fsp3) is 0.0270. The molecule has 0 bridgehead atoms. The molecule has 0 spiro atoms. The minimum absolute atomic E-state index is 0.158. The van der Waals surface area contributed by atoms with Crippen LogP contribution in [0.3, 0.4) is 0 Å². The summed E-state index contributed by atoms with van der Waals surface area (Å²) < 4.78 is 24.5. The first-order valence-electron chi connectivity index (χ1n) is 13.7. The predicted molar refractivity (Wildman–Crippen MR) is 163 cm³/mol. The molecule has 3 heterocycles. The largest absolute Gasteiger partial charge is 0.457 e. The molecule has 1 aliphatic heterocycles. The molecule has 9 rings (SSSR count). The normalized spacial score (nSPS) is 12.7. The second-order valence-corrected chi connectivity index (χ2v) is 10.4. The summed E-state index contributed by atoms with van der Waals surface area (Å²) in [5, 5.41) is 4.45. The molecular weight excluding hydrogens is 508 g/mol. The van der Waals surface area contributed by atoms with Crippen LogP contribution in [-0.2, 0) is 0 Å². The van der Waals surface area contributed by atoms with Gasteiger partial charge in [0.05, 0.1) is 0 Å². The van der Waals surface area contributed by atoms with Gasteiger partial charge in [-0.25, -0.2) is 0 Å². The number of ether oxygens (including phenoxy) is 2. The lowest BCUT2D eigenvalue weighted by Crippen LogP contribution is -2.03. The summed E-state index contributed by atoms with van der Waals surface area (Å²) in [4.78, 5) is 0. The van der Waals surface area contributed by atoms with Crippen molar-refractivity contribution in [2.45, 2.75) is 0 Å². The highest BCUT2D eigenvalue weighted by atomic mass is 16.7. The van der Waals surface area contributed by atoms with E-state index in [9.17, 15) is 0 Å². The van der Waals surface area contributed by atoms with E-state index in [4.69, 9.17) is 18.3 Å². The summed E-state index contributed by atoms with van der Waals surface area (Å²) in [5.41, 5.74) is 9.84. The molecule has 0 saturated heterocycles. The number of furan rings is 2. The zero-order chi connectivity index (χ0) is 26.9. The fourth-order valence-corrected chi connectivity index (χ4v) is 6.12. The predicted octanol–water partition coefficient (Wildman–Crippen LogP) is 10.2. The summed E-state index contributed by atoms with van der Waals surface area (Å²) >= 11 is 0. The number of hydrogen-bond acceptors (Lipinski definition) is 4. The van der Waals surface area contributed by atoms with Gasteiger partial charge in [0.15, 0.2) is 0 Å². The minimum atomic E-state index is 0.158. The lowest BCUT2D eigenvalue weighted by molar-refractivity contribution is 0.125. The summed E-state index contributed by atoms with van der Waals surface area (Å²) in [5.74, 6) is 1.58. The van der Waals surface area contributed by atoms with E-state index < -0.39 is 0 Å². The molecule has 0 radical (unpaired) electrons. The van der Waals surface area contributed by atoms with E-state index >= 15 is 0 Å².